The first-order valence-electron chi connectivity index (χ1n) is 6.68. The Morgan fingerprint density at radius 2 is 1.71 bits per heavy atom. The number of nitrogens with zero attached hydrogens (tertiary/aromatic N) is 2. The van der Waals surface area contributed by atoms with E-state index in [1.807, 2.05) is 0 Å². The van der Waals surface area contributed by atoms with E-state index < -0.39 is 15.9 Å². The van der Waals surface area contributed by atoms with Crippen LogP contribution in [0.4, 0.5) is 11.4 Å². The van der Waals surface area contributed by atoms with Crippen LogP contribution in [0.3, 0.4) is 0 Å². The molecule has 8 nitrogen and oxygen atoms in total. The van der Waals surface area contributed by atoms with Gasteiger partial charge in [0.1, 0.15) is 6.07 Å². The maximum absolute atomic E-state index is 12.3. The van der Waals surface area contributed by atoms with Gasteiger partial charge in [0.25, 0.3) is 10.0 Å². The number of hydrazone groups is 1. The molecule has 0 fully saturated rings. The van der Waals surface area contributed by atoms with E-state index in [1.54, 1.807) is 36.4 Å². The highest BCUT2D eigenvalue weighted by Gasteiger charge is 2.13. The summed E-state index contributed by atoms with van der Waals surface area (Å²) in [6.07, 6.45) is 0. The molecular formula is C15H14N6O2S. The summed E-state index contributed by atoms with van der Waals surface area (Å²) in [6, 6.07) is 16.0. The van der Waals surface area contributed by atoms with Crippen LogP contribution in [0.5, 0.6) is 0 Å². The van der Waals surface area contributed by atoms with Gasteiger partial charge in [-0.2, -0.15) is 10.4 Å². The summed E-state index contributed by atoms with van der Waals surface area (Å²) in [5, 5.41) is 19.5. The molecule has 0 spiro atoms. The van der Waals surface area contributed by atoms with E-state index in [-0.39, 0.29) is 10.6 Å². The number of amidine groups is 1. The smallest absolute Gasteiger partial charge is 0.261 e. The lowest BCUT2D eigenvalue weighted by Crippen LogP contribution is -2.21. The second kappa shape index (κ2) is 7.26. The summed E-state index contributed by atoms with van der Waals surface area (Å²) in [4.78, 5) is 0.0768. The Bertz CT molecular complexity index is 899. The minimum Gasteiger partial charge on any atom is -0.382 e. The maximum atomic E-state index is 12.3. The number of sulfonamides is 1. The number of para-hydroxylation sites is 1. The van der Waals surface area contributed by atoms with Crippen molar-refractivity contribution in [1.82, 2.24) is 0 Å². The number of nitriles is 1. The molecule has 0 aliphatic rings. The third kappa shape index (κ3) is 4.31. The second-order valence-electron chi connectivity index (χ2n) is 4.59. The minimum atomic E-state index is -3.70. The number of hydrogen-bond acceptors (Lipinski definition) is 6. The predicted octanol–water partition coefficient (Wildman–Crippen LogP) is 1.71. The molecular weight excluding hydrogens is 328 g/mol. The van der Waals surface area contributed by atoms with Crippen molar-refractivity contribution in [3.63, 3.8) is 0 Å². The Kier molecular flexibility index (Phi) is 5.13. The maximum Gasteiger partial charge on any atom is 0.261 e. The van der Waals surface area contributed by atoms with Gasteiger partial charge in [0.15, 0.2) is 5.84 Å². The highest BCUT2D eigenvalue weighted by Crippen LogP contribution is 2.18. The quantitative estimate of drug-likeness (QED) is 0.359. The van der Waals surface area contributed by atoms with Crippen LogP contribution in [0, 0.1) is 16.7 Å². The molecule has 2 aromatic rings. The topological polar surface area (TPSA) is 144 Å². The number of hydrogen-bond donors (Lipinski definition) is 4. The van der Waals surface area contributed by atoms with Crippen molar-refractivity contribution in [2.75, 3.05) is 10.1 Å². The SMILES string of the molecule is N#C/C(=N\Nc1ccc(S(=O)(=O)Nc2ccccc2)cc1)C(=N)N. The molecule has 0 atom stereocenters. The van der Waals surface area contributed by atoms with Crippen LogP contribution in [0.1, 0.15) is 0 Å². The molecule has 0 unspecified atom stereocenters. The van der Waals surface area contributed by atoms with Crippen LogP contribution in [0.15, 0.2) is 64.6 Å². The van der Waals surface area contributed by atoms with Gasteiger partial charge < -0.3 is 5.73 Å². The fourth-order valence-corrected chi connectivity index (χ4v) is 2.75. The van der Waals surface area contributed by atoms with Gasteiger partial charge in [0.05, 0.1) is 10.6 Å². The summed E-state index contributed by atoms with van der Waals surface area (Å²) in [7, 11) is -3.70. The van der Waals surface area contributed by atoms with Crippen LogP contribution >= 0.6 is 0 Å². The minimum absolute atomic E-state index is 0.0768. The average Bonchev–Trinajstić information content (AvgIpc) is 2.56. The Hall–Kier alpha value is -3.38. The van der Waals surface area contributed by atoms with E-state index in [0.717, 1.165) is 0 Å². The van der Waals surface area contributed by atoms with Gasteiger partial charge in [-0.3, -0.25) is 15.6 Å². The summed E-state index contributed by atoms with van der Waals surface area (Å²) in [5.41, 5.74) is 8.35. The highest BCUT2D eigenvalue weighted by molar-refractivity contribution is 7.92. The molecule has 122 valence electrons. The normalized spacial score (nSPS) is 11.4. The monoisotopic (exact) mass is 342 g/mol. The second-order valence-corrected chi connectivity index (χ2v) is 6.28. The van der Waals surface area contributed by atoms with Crippen LogP contribution < -0.4 is 15.9 Å². The van der Waals surface area contributed by atoms with Gasteiger partial charge in [-0.1, -0.05) is 18.2 Å². The predicted molar refractivity (Wildman–Crippen MR) is 92.3 cm³/mol. The van der Waals surface area contributed by atoms with Gasteiger partial charge in [0, 0.05) is 5.69 Å². The molecule has 9 heteroatoms. The molecule has 0 saturated heterocycles. The standard InChI is InChI=1S/C15H14N6O2S/c16-10-14(15(17)18)20-19-11-6-8-13(9-7-11)24(22,23)21-12-4-2-1-3-5-12/h1-9,19,21H,(H3,17,18)/b20-14+. The zero-order chi connectivity index (χ0) is 17.6. The first kappa shape index (κ1) is 17.0. The molecule has 2 rings (SSSR count). The van der Waals surface area contributed by atoms with Gasteiger partial charge in [-0.15, -0.1) is 0 Å². The number of nitrogens with two attached hydrogens (primary N) is 1. The van der Waals surface area contributed by atoms with E-state index >= 15 is 0 Å². The first-order valence-corrected chi connectivity index (χ1v) is 8.17. The van der Waals surface area contributed by atoms with E-state index in [2.05, 4.69) is 15.2 Å². The van der Waals surface area contributed by atoms with Crippen molar-refractivity contribution in [1.29, 1.82) is 10.7 Å². The van der Waals surface area contributed by atoms with E-state index in [1.165, 1.54) is 24.3 Å². The fraction of sp³-hybridized carbons (Fsp3) is 0. The van der Waals surface area contributed by atoms with Crippen molar-refractivity contribution >= 4 is 32.9 Å². The van der Waals surface area contributed by atoms with E-state index in [9.17, 15) is 8.42 Å². The fourth-order valence-electron chi connectivity index (χ4n) is 1.69. The van der Waals surface area contributed by atoms with Crippen LogP contribution in [0.2, 0.25) is 0 Å². The molecule has 0 radical (unpaired) electrons. The third-order valence-corrected chi connectivity index (χ3v) is 4.25. The van der Waals surface area contributed by atoms with Gasteiger partial charge in [-0.05, 0) is 36.4 Å². The third-order valence-electron chi connectivity index (χ3n) is 2.85. The highest BCUT2D eigenvalue weighted by atomic mass is 32.2. The molecule has 0 aromatic heterocycles. The summed E-state index contributed by atoms with van der Waals surface area (Å²) in [5.74, 6) is -0.462. The van der Waals surface area contributed by atoms with Crippen LogP contribution in [-0.4, -0.2) is 20.0 Å². The summed E-state index contributed by atoms with van der Waals surface area (Å²) < 4.78 is 27.0. The molecule has 0 amide bonds. The molecule has 2 aromatic carbocycles. The first-order chi connectivity index (χ1) is 11.4. The molecule has 0 bridgehead atoms. The molecule has 24 heavy (non-hydrogen) atoms. The molecule has 0 saturated carbocycles. The Morgan fingerprint density at radius 1 is 1.08 bits per heavy atom. The van der Waals surface area contributed by atoms with Crippen molar-refractivity contribution in [3.05, 3.63) is 54.6 Å². The van der Waals surface area contributed by atoms with Crippen molar-refractivity contribution in [3.8, 4) is 6.07 Å². The van der Waals surface area contributed by atoms with Crippen molar-refractivity contribution in [2.24, 2.45) is 10.8 Å². The van der Waals surface area contributed by atoms with Gasteiger partial charge in [0.2, 0.25) is 5.71 Å². The van der Waals surface area contributed by atoms with Gasteiger partial charge >= 0.3 is 0 Å². The van der Waals surface area contributed by atoms with Gasteiger partial charge in [-0.25, -0.2) is 8.42 Å². The lowest BCUT2D eigenvalue weighted by Gasteiger charge is -2.08. The number of rotatable bonds is 6. The van der Waals surface area contributed by atoms with E-state index in [0.29, 0.717) is 11.4 Å². The summed E-state index contributed by atoms with van der Waals surface area (Å²) in [6.45, 7) is 0. The number of benzene rings is 2. The molecule has 0 aliphatic carbocycles. The number of anilines is 2. The zero-order valence-electron chi connectivity index (χ0n) is 12.4. The Morgan fingerprint density at radius 3 is 2.25 bits per heavy atom. The number of nitrogens with one attached hydrogen (secondary N) is 3. The largest absolute Gasteiger partial charge is 0.382 e. The molecule has 0 heterocycles. The Labute approximate surface area is 139 Å². The van der Waals surface area contributed by atoms with Crippen LogP contribution in [0.25, 0.3) is 0 Å². The zero-order valence-corrected chi connectivity index (χ0v) is 13.2. The Balaban J connectivity index is 2.14. The summed E-state index contributed by atoms with van der Waals surface area (Å²) >= 11 is 0. The average molecular weight is 342 g/mol. The lowest BCUT2D eigenvalue weighted by molar-refractivity contribution is 0.601. The van der Waals surface area contributed by atoms with Crippen molar-refractivity contribution in [2.45, 2.75) is 4.90 Å². The molecule has 5 N–H and O–H groups in total. The van der Waals surface area contributed by atoms with E-state index in [4.69, 9.17) is 16.4 Å². The van der Waals surface area contributed by atoms with Crippen molar-refractivity contribution < 1.29 is 8.42 Å². The molecule has 0 aliphatic heterocycles. The lowest BCUT2D eigenvalue weighted by atomic mass is 10.3. The van der Waals surface area contributed by atoms with Crippen LogP contribution in [-0.2, 0) is 10.0 Å².